The number of alkyl halides is 1. The lowest BCUT2D eigenvalue weighted by Gasteiger charge is -2.01. The molecule has 0 saturated heterocycles. The summed E-state index contributed by atoms with van der Waals surface area (Å²) in [6, 6.07) is 5.74. The molecule has 0 fully saturated rings. The van der Waals surface area contributed by atoms with Crippen molar-refractivity contribution >= 4 is 50.5 Å². The quantitative estimate of drug-likeness (QED) is 0.854. The van der Waals surface area contributed by atoms with E-state index in [0.29, 0.717) is 6.54 Å². The maximum absolute atomic E-state index is 11.0. The molecule has 1 aromatic carbocycles. The second-order valence-electron chi connectivity index (χ2n) is 3.31. The van der Waals surface area contributed by atoms with E-state index in [1.165, 1.54) is 0 Å². The van der Waals surface area contributed by atoms with Gasteiger partial charge in [-0.05, 0) is 28.5 Å². The van der Waals surface area contributed by atoms with Crippen molar-refractivity contribution in [2.75, 3.05) is 5.88 Å². The number of thiophene rings is 1. The Labute approximate surface area is 107 Å². The van der Waals surface area contributed by atoms with E-state index in [0.717, 1.165) is 20.7 Å². The first-order valence-electron chi connectivity index (χ1n) is 4.69. The number of fused-ring (bicyclic) bond motifs is 1. The van der Waals surface area contributed by atoms with Crippen LogP contribution in [0.5, 0.6) is 0 Å². The third-order valence-corrected chi connectivity index (χ3v) is 3.69. The van der Waals surface area contributed by atoms with E-state index in [1.54, 1.807) is 11.3 Å². The highest BCUT2D eigenvalue weighted by Gasteiger charge is 2.05. The minimum absolute atomic E-state index is 0.00605. The Balaban J connectivity index is 2.22. The van der Waals surface area contributed by atoms with Crippen LogP contribution in [0.4, 0.5) is 0 Å². The van der Waals surface area contributed by atoms with Gasteiger partial charge < -0.3 is 5.32 Å². The molecule has 0 aliphatic heterocycles. The molecule has 2 nitrogen and oxygen atoms in total. The number of carbonyl (C=O) groups excluding carboxylic acids is 1. The van der Waals surface area contributed by atoms with Crippen LogP contribution in [0.15, 0.2) is 23.6 Å². The summed E-state index contributed by atoms with van der Waals surface area (Å²) in [5, 5.41) is 6.62. The fourth-order valence-corrected chi connectivity index (χ4v) is 2.77. The maximum Gasteiger partial charge on any atom is 0.235 e. The number of nitrogens with one attached hydrogen (secondary N) is 1. The zero-order valence-corrected chi connectivity index (χ0v) is 10.6. The van der Waals surface area contributed by atoms with Gasteiger partial charge in [0.05, 0.1) is 0 Å². The Morgan fingerprint density at radius 1 is 1.44 bits per heavy atom. The van der Waals surface area contributed by atoms with Gasteiger partial charge in [0.1, 0.15) is 5.88 Å². The van der Waals surface area contributed by atoms with E-state index in [-0.39, 0.29) is 11.8 Å². The molecule has 84 valence electrons. The van der Waals surface area contributed by atoms with Crippen LogP contribution in [0.2, 0.25) is 5.02 Å². The molecule has 0 radical (unpaired) electrons. The normalized spacial score (nSPS) is 10.6. The predicted octanol–water partition coefficient (Wildman–Crippen LogP) is 3.41. The summed E-state index contributed by atoms with van der Waals surface area (Å²) in [5.41, 5.74) is 1.09. The van der Waals surface area contributed by atoms with Crippen molar-refractivity contribution < 1.29 is 4.79 Å². The maximum atomic E-state index is 11.0. The highest BCUT2D eigenvalue weighted by molar-refractivity contribution is 7.17. The van der Waals surface area contributed by atoms with E-state index in [1.807, 2.05) is 23.6 Å². The molecule has 1 heterocycles. The number of hydrogen-bond donors (Lipinski definition) is 1. The fraction of sp³-hybridized carbons (Fsp3) is 0.182. The standard InChI is InChI=1S/C11H9Cl2NOS/c12-4-11(15)14-5-7-6-16-10-3-8(13)1-2-9(7)10/h1-3,6H,4-5H2,(H,14,15). The molecule has 0 bridgehead atoms. The van der Waals surface area contributed by atoms with Crippen LogP contribution in [0, 0.1) is 0 Å². The molecule has 2 aromatic rings. The number of carbonyl (C=O) groups is 1. The monoisotopic (exact) mass is 273 g/mol. The van der Waals surface area contributed by atoms with Gasteiger partial charge in [-0.3, -0.25) is 4.79 Å². The van der Waals surface area contributed by atoms with E-state index in [9.17, 15) is 4.79 Å². The van der Waals surface area contributed by atoms with Gasteiger partial charge in [-0.15, -0.1) is 22.9 Å². The van der Waals surface area contributed by atoms with Crippen LogP contribution >= 0.6 is 34.5 Å². The van der Waals surface area contributed by atoms with Gasteiger partial charge in [-0.1, -0.05) is 17.7 Å². The highest BCUT2D eigenvalue weighted by atomic mass is 35.5. The largest absolute Gasteiger partial charge is 0.351 e. The molecule has 0 atom stereocenters. The first-order chi connectivity index (χ1) is 7.70. The average molecular weight is 274 g/mol. The van der Waals surface area contributed by atoms with Crippen LogP contribution in [0.1, 0.15) is 5.56 Å². The third kappa shape index (κ3) is 2.48. The van der Waals surface area contributed by atoms with E-state index >= 15 is 0 Å². The Bertz CT molecular complexity index is 524. The van der Waals surface area contributed by atoms with Crippen molar-refractivity contribution in [3.8, 4) is 0 Å². The lowest BCUT2D eigenvalue weighted by molar-refractivity contribution is -0.118. The Kier molecular flexibility index (Phi) is 3.69. The molecular formula is C11H9Cl2NOS. The van der Waals surface area contributed by atoms with E-state index < -0.39 is 0 Å². The van der Waals surface area contributed by atoms with Crippen LogP contribution in [0.25, 0.3) is 10.1 Å². The SMILES string of the molecule is O=C(CCl)NCc1csc2cc(Cl)ccc12. The molecule has 16 heavy (non-hydrogen) atoms. The predicted molar refractivity (Wildman–Crippen MR) is 69.4 cm³/mol. The minimum atomic E-state index is -0.157. The number of halogens is 2. The molecule has 5 heteroatoms. The highest BCUT2D eigenvalue weighted by Crippen LogP contribution is 2.28. The van der Waals surface area contributed by atoms with Crippen LogP contribution in [-0.2, 0) is 11.3 Å². The Hall–Kier alpha value is -0.770. The molecule has 0 spiro atoms. The third-order valence-electron chi connectivity index (χ3n) is 2.22. The van der Waals surface area contributed by atoms with Crippen LogP contribution in [-0.4, -0.2) is 11.8 Å². The molecule has 0 aliphatic carbocycles. The number of benzene rings is 1. The second kappa shape index (κ2) is 5.04. The van der Waals surface area contributed by atoms with Gasteiger partial charge in [-0.2, -0.15) is 0 Å². The van der Waals surface area contributed by atoms with Crippen molar-refractivity contribution in [1.29, 1.82) is 0 Å². The summed E-state index contributed by atoms with van der Waals surface area (Å²) < 4.78 is 1.13. The van der Waals surface area contributed by atoms with Gasteiger partial charge in [0.25, 0.3) is 0 Å². The van der Waals surface area contributed by atoms with Crippen molar-refractivity contribution in [1.82, 2.24) is 5.32 Å². The zero-order chi connectivity index (χ0) is 11.5. The molecular weight excluding hydrogens is 265 g/mol. The minimum Gasteiger partial charge on any atom is -0.351 e. The molecule has 1 N–H and O–H groups in total. The fourth-order valence-electron chi connectivity index (χ4n) is 1.44. The Morgan fingerprint density at radius 2 is 2.25 bits per heavy atom. The van der Waals surface area contributed by atoms with Crippen molar-refractivity contribution in [2.24, 2.45) is 0 Å². The summed E-state index contributed by atoms with van der Waals surface area (Å²) in [7, 11) is 0. The molecule has 0 aliphatic rings. The van der Waals surface area contributed by atoms with Gasteiger partial charge in [0.2, 0.25) is 5.91 Å². The van der Waals surface area contributed by atoms with Crippen LogP contribution in [0.3, 0.4) is 0 Å². The van der Waals surface area contributed by atoms with Gasteiger partial charge in [0, 0.05) is 16.3 Å². The van der Waals surface area contributed by atoms with Gasteiger partial charge in [-0.25, -0.2) is 0 Å². The number of hydrogen-bond acceptors (Lipinski definition) is 2. The first kappa shape index (κ1) is 11.7. The lowest BCUT2D eigenvalue weighted by Crippen LogP contribution is -2.23. The van der Waals surface area contributed by atoms with Crippen LogP contribution < -0.4 is 5.32 Å². The topological polar surface area (TPSA) is 29.1 Å². The van der Waals surface area contributed by atoms with E-state index in [2.05, 4.69) is 5.32 Å². The number of amides is 1. The molecule has 1 amide bonds. The molecule has 0 unspecified atom stereocenters. The molecule has 0 saturated carbocycles. The second-order valence-corrected chi connectivity index (χ2v) is 4.93. The summed E-state index contributed by atoms with van der Waals surface area (Å²) in [6.07, 6.45) is 0. The molecule has 1 aromatic heterocycles. The van der Waals surface area contributed by atoms with Gasteiger partial charge in [0.15, 0.2) is 0 Å². The van der Waals surface area contributed by atoms with Gasteiger partial charge >= 0.3 is 0 Å². The van der Waals surface area contributed by atoms with Crippen molar-refractivity contribution in [2.45, 2.75) is 6.54 Å². The Morgan fingerprint density at radius 3 is 3.00 bits per heavy atom. The van der Waals surface area contributed by atoms with Crippen molar-refractivity contribution in [3.63, 3.8) is 0 Å². The smallest absolute Gasteiger partial charge is 0.235 e. The molecule has 2 rings (SSSR count). The van der Waals surface area contributed by atoms with Crippen molar-refractivity contribution in [3.05, 3.63) is 34.2 Å². The lowest BCUT2D eigenvalue weighted by atomic mass is 10.2. The zero-order valence-electron chi connectivity index (χ0n) is 8.30. The number of rotatable bonds is 3. The average Bonchev–Trinajstić information content (AvgIpc) is 2.68. The summed E-state index contributed by atoms with van der Waals surface area (Å²) in [4.78, 5) is 11.0. The first-order valence-corrected chi connectivity index (χ1v) is 6.48. The summed E-state index contributed by atoms with van der Waals surface area (Å²) in [5.74, 6) is -0.163. The van der Waals surface area contributed by atoms with E-state index in [4.69, 9.17) is 23.2 Å². The summed E-state index contributed by atoms with van der Waals surface area (Å²) in [6.45, 7) is 0.507. The summed E-state index contributed by atoms with van der Waals surface area (Å²) >= 11 is 12.9.